The number of aliphatic hydroxyl groups is 1. The molecule has 2 saturated carbocycles. The Morgan fingerprint density at radius 2 is 1.53 bits per heavy atom. The smallest absolute Gasteiger partial charge is 0.409 e. The minimum Gasteiger partial charge on any atom is -0.505 e. The van der Waals surface area contributed by atoms with E-state index in [2.05, 4.69) is 16.0 Å². The Bertz CT molecular complexity index is 1570. The number of alkyl carbamates (subject to hydrolysis) is 1. The fraction of sp³-hybridized carbons (Fsp3) is 0.594. The largest absolute Gasteiger partial charge is 0.505 e. The number of hydrogen-bond donors (Lipinski definition) is 6. The molecule has 7 N–H and O–H groups in total. The van der Waals surface area contributed by atoms with Crippen molar-refractivity contribution in [1.82, 2.24) is 15.5 Å². The van der Waals surface area contributed by atoms with Crippen LogP contribution in [0.5, 0.6) is 5.75 Å². The minimum atomic E-state index is -3.00. The van der Waals surface area contributed by atoms with Gasteiger partial charge in [0.1, 0.15) is 5.75 Å². The Hall–Kier alpha value is -4.37. The Morgan fingerprint density at radius 3 is 2.04 bits per heavy atom. The third-order valence-electron chi connectivity index (χ3n) is 8.92. The van der Waals surface area contributed by atoms with Crippen molar-refractivity contribution >= 4 is 46.9 Å². The Labute approximate surface area is 271 Å². The van der Waals surface area contributed by atoms with E-state index in [4.69, 9.17) is 10.5 Å². The topological polar surface area (TPSA) is 235 Å². The zero-order valence-electron chi connectivity index (χ0n) is 27.9. The number of phenols is 1. The molecule has 1 aromatic carbocycles. The molecule has 3 aliphatic rings. The van der Waals surface area contributed by atoms with Crippen molar-refractivity contribution < 1.29 is 48.5 Å². The van der Waals surface area contributed by atoms with Crippen molar-refractivity contribution in [2.45, 2.75) is 83.2 Å². The van der Waals surface area contributed by atoms with Crippen molar-refractivity contribution in [2.24, 2.45) is 29.4 Å². The van der Waals surface area contributed by atoms with Gasteiger partial charge in [0.15, 0.2) is 23.3 Å². The third kappa shape index (κ3) is 5.86. The fourth-order valence-electron chi connectivity index (χ4n) is 7.21. The Balaban J connectivity index is 1.94. The number of ether oxygens (including phenoxy) is 1. The highest BCUT2D eigenvalue weighted by Gasteiger charge is 2.75. The maximum atomic E-state index is 14.8. The lowest BCUT2D eigenvalue weighted by atomic mass is 9.49. The molecule has 256 valence electrons. The van der Waals surface area contributed by atoms with Gasteiger partial charge in [-0.15, -0.1) is 0 Å². The fourth-order valence-corrected chi connectivity index (χ4v) is 7.21. The van der Waals surface area contributed by atoms with Crippen LogP contribution in [-0.4, -0.2) is 99.2 Å². The number of carbonyl (C=O) groups excluding carboxylic acids is 7. The number of rotatable bonds is 4. The zero-order valence-corrected chi connectivity index (χ0v) is 27.9. The number of urea groups is 1. The van der Waals surface area contributed by atoms with Crippen LogP contribution in [0.4, 0.5) is 15.3 Å². The Kier molecular flexibility index (Phi) is 8.84. The van der Waals surface area contributed by atoms with Gasteiger partial charge in [0.25, 0.3) is 0 Å². The summed E-state index contributed by atoms with van der Waals surface area (Å²) in [6, 6.07) is 0.639. The maximum Gasteiger partial charge on any atom is 0.409 e. The van der Waals surface area contributed by atoms with Crippen LogP contribution in [0.1, 0.15) is 70.3 Å². The summed E-state index contributed by atoms with van der Waals surface area (Å²) in [5.74, 6) is -14.7. The molecule has 0 saturated heterocycles. The summed E-state index contributed by atoms with van der Waals surface area (Å²) in [6.45, 7) is 11.6. The number of nitrogens with two attached hydrogens (primary N) is 1. The normalized spacial score (nSPS) is 30.6. The van der Waals surface area contributed by atoms with E-state index >= 15 is 0 Å². The molecule has 3 aliphatic carbocycles. The van der Waals surface area contributed by atoms with Gasteiger partial charge in [0.2, 0.25) is 17.3 Å². The maximum absolute atomic E-state index is 14.8. The van der Waals surface area contributed by atoms with Crippen LogP contribution in [-0.2, 0) is 23.9 Å². The van der Waals surface area contributed by atoms with Crippen molar-refractivity contribution in [3.05, 3.63) is 23.3 Å². The second kappa shape index (κ2) is 11.7. The number of benzene rings is 1. The van der Waals surface area contributed by atoms with Gasteiger partial charge in [-0.1, -0.05) is 13.0 Å². The molecular weight excluding hydrogens is 614 g/mol. The molecule has 4 rings (SSSR count). The number of Topliss-reactive ketones (excluding diaryl/α,β-unsaturated/α-hetero) is 4. The SMILES string of the molecule is C[C@H]1c2ccc(NC(=O)NC(C)(C)C)c(O)c2C(=O)C2C(=O)[C@]3(OC(=O)NC(C)(C)C)C(=O)C(C(N)=O)C(=O)C(N(C)C)[C@@H]3[C@@H](O)[C@@H]21. The summed E-state index contributed by atoms with van der Waals surface area (Å²) in [6.07, 6.45) is -3.07. The average molecular weight is 658 g/mol. The first kappa shape index (κ1) is 35.5. The molecule has 4 amide bonds. The molecule has 1 aromatic rings. The number of aromatic hydroxyl groups is 1. The highest BCUT2D eigenvalue weighted by atomic mass is 16.6. The van der Waals surface area contributed by atoms with Gasteiger partial charge in [-0.3, -0.25) is 28.9 Å². The number of primary amides is 1. The van der Waals surface area contributed by atoms with Gasteiger partial charge >= 0.3 is 12.1 Å². The standard InChI is InChI=1S/C32H43N5O10/c1-12-13-10-11-14(34-28(45)35-30(2,3)4)21(38)16(13)22(39)17-15(12)23(40)19-20(37(8)9)24(41)18(27(33)44)26(43)32(19,25(17)42)47-29(46)36-31(5,6)7/h10-12,15,17-20,23,38,40H,1-9H3,(H2,33,44)(H,36,46)(H2,34,35,45)/t12-,15+,17?,18?,19+,20?,23-,32-/m0/s1. The van der Waals surface area contributed by atoms with E-state index in [9.17, 15) is 43.8 Å². The summed E-state index contributed by atoms with van der Waals surface area (Å²) >= 11 is 0. The number of fused-ring (bicyclic) bond motifs is 3. The molecule has 0 bridgehead atoms. The van der Waals surface area contributed by atoms with Crippen LogP contribution in [0.15, 0.2) is 12.1 Å². The number of hydrogen-bond acceptors (Lipinski definition) is 11. The van der Waals surface area contributed by atoms with Crippen molar-refractivity contribution in [3.63, 3.8) is 0 Å². The summed E-state index contributed by atoms with van der Waals surface area (Å²) < 4.78 is 5.66. The van der Waals surface area contributed by atoms with Gasteiger partial charge < -0.3 is 36.6 Å². The van der Waals surface area contributed by atoms with Crippen LogP contribution in [0.2, 0.25) is 0 Å². The van der Waals surface area contributed by atoms with Crippen molar-refractivity contribution in [1.29, 1.82) is 0 Å². The molecule has 0 aromatic heterocycles. The number of anilines is 1. The van der Waals surface area contributed by atoms with E-state index in [1.54, 1.807) is 48.5 Å². The Morgan fingerprint density at radius 1 is 0.957 bits per heavy atom. The summed E-state index contributed by atoms with van der Waals surface area (Å²) in [4.78, 5) is 96.8. The van der Waals surface area contributed by atoms with Crippen LogP contribution in [0.25, 0.3) is 0 Å². The lowest BCUT2D eigenvalue weighted by molar-refractivity contribution is -0.197. The number of nitrogens with one attached hydrogen (secondary N) is 3. The van der Waals surface area contributed by atoms with Gasteiger partial charge in [0.05, 0.1) is 35.2 Å². The molecule has 47 heavy (non-hydrogen) atoms. The van der Waals surface area contributed by atoms with Gasteiger partial charge in [0, 0.05) is 17.0 Å². The summed E-state index contributed by atoms with van der Waals surface area (Å²) in [7, 11) is 2.85. The second-order valence-electron chi connectivity index (χ2n) is 14.9. The zero-order chi connectivity index (χ0) is 35.7. The summed E-state index contributed by atoms with van der Waals surface area (Å²) in [5.41, 5.74) is 0.672. The van der Waals surface area contributed by atoms with Crippen LogP contribution in [0, 0.1) is 23.7 Å². The molecule has 15 heteroatoms. The predicted molar refractivity (Wildman–Crippen MR) is 167 cm³/mol. The van der Waals surface area contributed by atoms with Gasteiger partial charge in [-0.05, 0) is 73.2 Å². The molecule has 3 unspecified atom stereocenters. The van der Waals surface area contributed by atoms with E-state index in [0.29, 0.717) is 0 Å². The van der Waals surface area contributed by atoms with Gasteiger partial charge in [-0.25, -0.2) is 9.59 Å². The molecule has 0 heterocycles. The first-order valence-corrected chi connectivity index (χ1v) is 15.2. The molecule has 0 spiro atoms. The number of ketones is 4. The molecule has 0 aliphatic heterocycles. The van der Waals surface area contributed by atoms with Gasteiger partial charge in [-0.2, -0.15) is 0 Å². The monoisotopic (exact) mass is 657 g/mol. The number of likely N-dealkylation sites (N-methyl/N-ethyl adjacent to an activating group) is 1. The number of phenolic OH excluding ortho intramolecular Hbond substituents is 1. The number of aliphatic hydroxyl groups excluding tert-OH is 1. The van der Waals surface area contributed by atoms with Crippen LogP contribution < -0.4 is 21.7 Å². The molecule has 0 radical (unpaired) electrons. The van der Waals surface area contributed by atoms with Crippen molar-refractivity contribution in [2.75, 3.05) is 19.4 Å². The lowest BCUT2D eigenvalue weighted by Crippen LogP contribution is -2.79. The first-order valence-electron chi connectivity index (χ1n) is 15.2. The number of amides is 4. The van der Waals surface area contributed by atoms with E-state index < -0.39 is 105 Å². The third-order valence-corrected chi connectivity index (χ3v) is 8.92. The lowest BCUT2D eigenvalue weighted by Gasteiger charge is -2.56. The van der Waals surface area contributed by atoms with Crippen molar-refractivity contribution in [3.8, 4) is 5.75 Å². The average Bonchev–Trinajstić information content (AvgIpc) is 2.89. The molecule has 15 nitrogen and oxygen atoms in total. The quantitative estimate of drug-likeness (QED) is 0.196. The van der Waals surface area contributed by atoms with Crippen LogP contribution in [0.3, 0.4) is 0 Å². The predicted octanol–water partition coefficient (Wildman–Crippen LogP) is 0.851. The highest BCUT2D eigenvalue weighted by molar-refractivity contribution is 6.33. The van der Waals surface area contributed by atoms with E-state index in [1.165, 1.54) is 31.1 Å². The minimum absolute atomic E-state index is 0.150. The van der Waals surface area contributed by atoms with E-state index in [1.807, 2.05) is 0 Å². The van der Waals surface area contributed by atoms with E-state index in [-0.39, 0.29) is 16.8 Å². The molecular formula is C32H43N5O10. The second-order valence-corrected chi connectivity index (χ2v) is 14.9. The number of carbonyl (C=O) groups is 7. The number of nitrogens with zero attached hydrogens (tertiary/aromatic N) is 1. The molecule has 8 atom stereocenters. The first-order chi connectivity index (χ1) is 21.5. The highest BCUT2D eigenvalue weighted by Crippen LogP contribution is 2.56. The molecule has 2 fully saturated rings. The van der Waals surface area contributed by atoms with E-state index in [0.717, 1.165) is 0 Å². The van der Waals surface area contributed by atoms with Crippen LogP contribution >= 0.6 is 0 Å². The summed E-state index contributed by atoms with van der Waals surface area (Å²) in [5, 5.41) is 31.0.